The third-order valence-corrected chi connectivity index (χ3v) is 3.81. The molecule has 5 heteroatoms. The van der Waals surface area contributed by atoms with Crippen LogP contribution in [0, 0.1) is 11.8 Å². The number of hydrogen-bond donors (Lipinski definition) is 2. The summed E-state index contributed by atoms with van der Waals surface area (Å²) >= 11 is 0. The first-order chi connectivity index (χ1) is 9.16. The highest BCUT2D eigenvalue weighted by molar-refractivity contribution is 5.84. The number of carbonyl (C=O) groups excluding carboxylic acids is 1. The van der Waals surface area contributed by atoms with E-state index in [0.717, 1.165) is 25.7 Å². The van der Waals surface area contributed by atoms with Crippen molar-refractivity contribution in [1.29, 1.82) is 0 Å². The lowest BCUT2D eigenvalue weighted by Gasteiger charge is -2.28. The van der Waals surface area contributed by atoms with Crippen molar-refractivity contribution in [1.82, 2.24) is 5.32 Å². The molecule has 2 aliphatic rings. The molecule has 5 nitrogen and oxygen atoms in total. The van der Waals surface area contributed by atoms with Gasteiger partial charge in [0, 0.05) is 18.9 Å². The van der Waals surface area contributed by atoms with Crippen molar-refractivity contribution in [2.24, 2.45) is 11.8 Å². The quantitative estimate of drug-likeness (QED) is 0.737. The molecule has 1 heterocycles. The molecule has 0 aromatic rings. The largest absolute Gasteiger partial charge is 0.480 e. The third kappa shape index (κ3) is 4.06. The van der Waals surface area contributed by atoms with Crippen molar-refractivity contribution >= 4 is 11.9 Å². The lowest BCUT2D eigenvalue weighted by atomic mass is 9.93. The van der Waals surface area contributed by atoms with E-state index in [2.05, 4.69) is 11.4 Å². The third-order valence-electron chi connectivity index (χ3n) is 3.81. The molecule has 1 amide bonds. The number of ether oxygens (including phenoxy) is 1. The highest BCUT2D eigenvalue weighted by atomic mass is 16.5. The molecule has 2 N–H and O–H groups in total. The maximum absolute atomic E-state index is 11.9. The number of amides is 1. The van der Waals surface area contributed by atoms with Gasteiger partial charge in [-0.15, -0.1) is 0 Å². The minimum absolute atomic E-state index is 0.116. The summed E-state index contributed by atoms with van der Waals surface area (Å²) in [6, 6.07) is -0.821. The smallest absolute Gasteiger partial charge is 0.326 e. The van der Waals surface area contributed by atoms with E-state index in [1.165, 1.54) is 0 Å². The summed E-state index contributed by atoms with van der Waals surface area (Å²) in [6.45, 7) is 1.10. The van der Waals surface area contributed by atoms with Gasteiger partial charge in [0.2, 0.25) is 5.91 Å². The van der Waals surface area contributed by atoms with E-state index in [9.17, 15) is 14.7 Å². The van der Waals surface area contributed by atoms with Crippen molar-refractivity contribution in [2.75, 3.05) is 13.2 Å². The van der Waals surface area contributed by atoms with Crippen LogP contribution < -0.4 is 5.32 Å². The summed E-state index contributed by atoms with van der Waals surface area (Å²) in [5.74, 6) is -0.994. The number of hydrogen-bond acceptors (Lipinski definition) is 3. The molecule has 0 aromatic carbocycles. The van der Waals surface area contributed by atoms with E-state index < -0.39 is 12.0 Å². The second-order valence-corrected chi connectivity index (χ2v) is 5.33. The first kappa shape index (κ1) is 14.1. The van der Waals surface area contributed by atoms with Crippen LogP contribution in [0.5, 0.6) is 0 Å². The van der Waals surface area contributed by atoms with Crippen molar-refractivity contribution in [3.8, 4) is 0 Å². The molecule has 0 radical (unpaired) electrons. The lowest BCUT2D eigenvalue weighted by Crippen LogP contribution is -2.48. The van der Waals surface area contributed by atoms with E-state index in [1.54, 1.807) is 0 Å². The Morgan fingerprint density at radius 3 is 2.84 bits per heavy atom. The monoisotopic (exact) mass is 267 g/mol. The van der Waals surface area contributed by atoms with Crippen LogP contribution in [-0.4, -0.2) is 36.2 Å². The summed E-state index contributed by atoms with van der Waals surface area (Å²) in [5, 5.41) is 11.9. The fraction of sp³-hybridized carbons (Fsp3) is 0.714. The normalized spacial score (nSPS) is 28.0. The average molecular weight is 267 g/mol. The van der Waals surface area contributed by atoms with Crippen LogP contribution in [0.1, 0.15) is 32.1 Å². The molecule has 3 atom stereocenters. The van der Waals surface area contributed by atoms with Gasteiger partial charge in [0.1, 0.15) is 6.04 Å². The molecule has 1 fully saturated rings. The number of aliphatic carboxylic acids is 1. The van der Waals surface area contributed by atoms with Crippen molar-refractivity contribution in [3.05, 3.63) is 12.2 Å². The predicted molar refractivity (Wildman–Crippen MR) is 69.6 cm³/mol. The Kier molecular flexibility index (Phi) is 4.96. The van der Waals surface area contributed by atoms with Crippen LogP contribution in [0.4, 0.5) is 0 Å². The van der Waals surface area contributed by atoms with Crippen LogP contribution in [0.2, 0.25) is 0 Å². The number of rotatable bonds is 5. The highest BCUT2D eigenvalue weighted by Gasteiger charge is 2.31. The Bertz CT molecular complexity index is 360. The summed E-state index contributed by atoms with van der Waals surface area (Å²) in [6.07, 6.45) is 8.14. The van der Waals surface area contributed by atoms with Gasteiger partial charge >= 0.3 is 5.97 Å². The molecule has 3 unspecified atom stereocenters. The molecule has 0 saturated carbocycles. The average Bonchev–Trinajstić information content (AvgIpc) is 2.89. The number of carbonyl (C=O) groups is 2. The zero-order valence-electron chi connectivity index (χ0n) is 11.0. The summed E-state index contributed by atoms with van der Waals surface area (Å²) in [4.78, 5) is 23.2. The molecule has 106 valence electrons. The molecular formula is C14H21NO4. The Hall–Kier alpha value is -1.36. The zero-order valence-corrected chi connectivity index (χ0v) is 11.0. The molecule has 0 aromatic heterocycles. The minimum atomic E-state index is -0.967. The topological polar surface area (TPSA) is 75.6 Å². The van der Waals surface area contributed by atoms with E-state index in [-0.39, 0.29) is 17.7 Å². The van der Waals surface area contributed by atoms with Gasteiger partial charge in [-0.25, -0.2) is 4.79 Å². The SMILES string of the molecule is O=C(CC1C=CCC1)NC(C(=O)O)C1CCCOC1. The minimum Gasteiger partial charge on any atom is -0.480 e. The zero-order chi connectivity index (χ0) is 13.7. The molecule has 1 aliphatic heterocycles. The molecular weight excluding hydrogens is 246 g/mol. The number of carboxylic acid groups (broad SMARTS) is 1. The number of nitrogens with one attached hydrogen (secondary N) is 1. The van der Waals surface area contributed by atoms with Gasteiger partial charge in [0.05, 0.1) is 6.61 Å². The first-order valence-corrected chi connectivity index (χ1v) is 6.93. The number of carboxylic acids is 1. The van der Waals surface area contributed by atoms with Crippen molar-refractivity contribution in [3.63, 3.8) is 0 Å². The Morgan fingerprint density at radius 2 is 2.26 bits per heavy atom. The fourth-order valence-corrected chi connectivity index (χ4v) is 2.75. The van der Waals surface area contributed by atoms with E-state index in [4.69, 9.17) is 4.74 Å². The predicted octanol–water partition coefficient (Wildman–Crippen LogP) is 1.34. The highest BCUT2D eigenvalue weighted by Crippen LogP contribution is 2.21. The molecule has 1 aliphatic carbocycles. The summed E-state index contributed by atoms with van der Waals surface area (Å²) < 4.78 is 5.30. The Balaban J connectivity index is 1.86. The fourth-order valence-electron chi connectivity index (χ4n) is 2.75. The lowest BCUT2D eigenvalue weighted by molar-refractivity contribution is -0.145. The molecule has 0 spiro atoms. The van der Waals surface area contributed by atoms with E-state index >= 15 is 0 Å². The van der Waals surface area contributed by atoms with Crippen LogP contribution in [-0.2, 0) is 14.3 Å². The molecule has 0 bridgehead atoms. The second kappa shape index (κ2) is 6.70. The van der Waals surface area contributed by atoms with Gasteiger partial charge in [-0.2, -0.15) is 0 Å². The van der Waals surface area contributed by atoms with Crippen molar-refractivity contribution < 1.29 is 19.4 Å². The molecule has 1 saturated heterocycles. The van der Waals surface area contributed by atoms with E-state index in [1.807, 2.05) is 6.08 Å². The first-order valence-electron chi connectivity index (χ1n) is 6.93. The summed E-state index contributed by atoms with van der Waals surface area (Å²) in [7, 11) is 0. The molecule has 2 rings (SSSR count). The van der Waals surface area contributed by atoms with Crippen LogP contribution in [0.15, 0.2) is 12.2 Å². The Morgan fingerprint density at radius 1 is 1.42 bits per heavy atom. The van der Waals surface area contributed by atoms with Crippen LogP contribution in [0.3, 0.4) is 0 Å². The van der Waals surface area contributed by atoms with Crippen LogP contribution in [0.25, 0.3) is 0 Å². The van der Waals surface area contributed by atoms with Gasteiger partial charge < -0.3 is 15.2 Å². The van der Waals surface area contributed by atoms with Crippen LogP contribution >= 0.6 is 0 Å². The Labute approximate surface area is 113 Å². The summed E-state index contributed by atoms with van der Waals surface area (Å²) in [5.41, 5.74) is 0. The number of allylic oxidation sites excluding steroid dienone is 2. The van der Waals surface area contributed by atoms with Gasteiger partial charge in [-0.05, 0) is 31.6 Å². The van der Waals surface area contributed by atoms with Crippen molar-refractivity contribution in [2.45, 2.75) is 38.1 Å². The van der Waals surface area contributed by atoms with Gasteiger partial charge in [-0.3, -0.25) is 4.79 Å². The van der Waals surface area contributed by atoms with Gasteiger partial charge in [0.25, 0.3) is 0 Å². The molecule has 19 heavy (non-hydrogen) atoms. The van der Waals surface area contributed by atoms with Gasteiger partial charge in [-0.1, -0.05) is 12.2 Å². The standard InChI is InChI=1S/C14H21NO4/c16-12(8-10-4-1-2-5-10)15-13(14(17)18)11-6-3-7-19-9-11/h1,4,10-11,13H,2-3,5-9H2,(H,15,16)(H,17,18). The second-order valence-electron chi connectivity index (χ2n) is 5.33. The van der Waals surface area contributed by atoms with E-state index in [0.29, 0.717) is 19.6 Å². The van der Waals surface area contributed by atoms with Gasteiger partial charge in [0.15, 0.2) is 0 Å². The maximum Gasteiger partial charge on any atom is 0.326 e. The maximum atomic E-state index is 11.9.